The number of hydrogen-bond donors (Lipinski definition) is 3. The van der Waals surface area contributed by atoms with Crippen molar-refractivity contribution in [2.45, 2.75) is 19.5 Å². The number of hydrogen-bond acceptors (Lipinski definition) is 4. The van der Waals surface area contributed by atoms with E-state index in [4.69, 9.17) is 16.3 Å². The molecule has 0 radical (unpaired) electrons. The van der Waals surface area contributed by atoms with Crippen molar-refractivity contribution in [1.29, 1.82) is 0 Å². The van der Waals surface area contributed by atoms with Crippen molar-refractivity contribution in [1.82, 2.24) is 15.5 Å². The van der Waals surface area contributed by atoms with Gasteiger partial charge in [0.05, 0.1) is 13.3 Å². The van der Waals surface area contributed by atoms with Gasteiger partial charge in [0.2, 0.25) is 0 Å². The van der Waals surface area contributed by atoms with Gasteiger partial charge in [-0.1, -0.05) is 11.6 Å². The molecule has 1 unspecified atom stereocenters. The average Bonchev–Trinajstić information content (AvgIpc) is 2.93. The molecule has 0 saturated heterocycles. The molecule has 0 aliphatic carbocycles. The van der Waals surface area contributed by atoms with Crippen LogP contribution in [0.1, 0.15) is 24.1 Å². The summed E-state index contributed by atoms with van der Waals surface area (Å²) in [4.78, 5) is 0. The summed E-state index contributed by atoms with van der Waals surface area (Å²) in [7, 11) is 1.50. The van der Waals surface area contributed by atoms with Gasteiger partial charge in [-0.3, -0.25) is 5.10 Å². The van der Waals surface area contributed by atoms with E-state index in [0.717, 1.165) is 5.56 Å². The summed E-state index contributed by atoms with van der Waals surface area (Å²) in [6.07, 6.45) is 3.59. The van der Waals surface area contributed by atoms with E-state index in [2.05, 4.69) is 15.5 Å². The van der Waals surface area contributed by atoms with Gasteiger partial charge in [-0.2, -0.15) is 5.10 Å². The summed E-state index contributed by atoms with van der Waals surface area (Å²) >= 11 is 5.98. The number of ether oxygens (including phenoxy) is 1. The molecule has 0 aliphatic heterocycles. The largest absolute Gasteiger partial charge is 0.504 e. The zero-order valence-corrected chi connectivity index (χ0v) is 11.5. The third-order valence-electron chi connectivity index (χ3n) is 2.96. The Hall–Kier alpha value is -1.72. The third kappa shape index (κ3) is 3.19. The van der Waals surface area contributed by atoms with Gasteiger partial charge >= 0.3 is 0 Å². The lowest BCUT2D eigenvalue weighted by Gasteiger charge is -2.14. The summed E-state index contributed by atoms with van der Waals surface area (Å²) in [6, 6.07) is 3.41. The second-order valence-corrected chi connectivity index (χ2v) is 4.69. The highest BCUT2D eigenvalue weighted by Gasteiger charge is 2.12. The average molecular weight is 282 g/mol. The maximum absolute atomic E-state index is 10.0. The Balaban J connectivity index is 2.09. The quantitative estimate of drug-likeness (QED) is 0.788. The van der Waals surface area contributed by atoms with Crippen LogP contribution in [0.3, 0.4) is 0 Å². The summed E-state index contributed by atoms with van der Waals surface area (Å²) in [5.74, 6) is 0.485. The Labute approximate surface area is 116 Å². The van der Waals surface area contributed by atoms with Gasteiger partial charge in [-0.15, -0.1) is 0 Å². The Morgan fingerprint density at radius 1 is 1.53 bits per heavy atom. The van der Waals surface area contributed by atoms with Gasteiger partial charge in [0.25, 0.3) is 0 Å². The predicted octanol–water partition coefficient (Wildman–Crippen LogP) is 2.63. The molecule has 0 amide bonds. The molecule has 1 aromatic carbocycles. The first kappa shape index (κ1) is 13.7. The molecule has 0 spiro atoms. The molecule has 0 bridgehead atoms. The van der Waals surface area contributed by atoms with Crippen molar-refractivity contribution in [2.24, 2.45) is 0 Å². The van der Waals surface area contributed by atoms with Crippen LogP contribution in [0, 0.1) is 0 Å². The van der Waals surface area contributed by atoms with Crippen molar-refractivity contribution in [3.8, 4) is 11.5 Å². The van der Waals surface area contributed by atoms with E-state index in [9.17, 15) is 5.11 Å². The Kier molecular flexibility index (Phi) is 4.29. The van der Waals surface area contributed by atoms with E-state index in [0.29, 0.717) is 22.9 Å². The number of rotatable bonds is 5. The Bertz CT molecular complexity index is 543. The maximum Gasteiger partial charge on any atom is 0.162 e. The van der Waals surface area contributed by atoms with Crippen LogP contribution in [0.2, 0.25) is 5.02 Å². The lowest BCUT2D eigenvalue weighted by atomic mass is 10.1. The van der Waals surface area contributed by atoms with Crippen LogP contribution in [0.5, 0.6) is 11.5 Å². The van der Waals surface area contributed by atoms with E-state index in [1.165, 1.54) is 7.11 Å². The van der Waals surface area contributed by atoms with Gasteiger partial charge in [0.15, 0.2) is 11.5 Å². The Morgan fingerprint density at radius 2 is 2.32 bits per heavy atom. The topological polar surface area (TPSA) is 70.2 Å². The second-order valence-electron chi connectivity index (χ2n) is 4.25. The number of nitrogens with zero attached hydrogens (tertiary/aromatic N) is 1. The van der Waals surface area contributed by atoms with Gasteiger partial charge in [0.1, 0.15) is 0 Å². The minimum atomic E-state index is 0.110. The van der Waals surface area contributed by atoms with Crippen molar-refractivity contribution >= 4 is 11.6 Å². The fourth-order valence-electron chi connectivity index (χ4n) is 1.80. The van der Waals surface area contributed by atoms with Crippen molar-refractivity contribution in [3.63, 3.8) is 0 Å². The highest BCUT2D eigenvalue weighted by atomic mass is 35.5. The SMILES string of the molecule is COc1cc(Cl)cc(CNC(C)c2cn[nH]c2)c1O. The summed E-state index contributed by atoms with van der Waals surface area (Å²) in [5, 5.41) is 20.5. The van der Waals surface area contributed by atoms with Crippen LogP contribution in [-0.2, 0) is 6.54 Å². The monoisotopic (exact) mass is 281 g/mol. The van der Waals surface area contributed by atoms with Crippen LogP contribution < -0.4 is 10.1 Å². The number of phenolic OH excluding ortho intramolecular Hbond substituents is 1. The van der Waals surface area contributed by atoms with E-state index >= 15 is 0 Å². The van der Waals surface area contributed by atoms with Crippen LogP contribution in [0.15, 0.2) is 24.5 Å². The number of halogens is 1. The molecular weight excluding hydrogens is 266 g/mol. The molecule has 1 heterocycles. The van der Waals surface area contributed by atoms with Gasteiger partial charge in [-0.05, 0) is 13.0 Å². The summed E-state index contributed by atoms with van der Waals surface area (Å²) < 4.78 is 5.07. The zero-order chi connectivity index (χ0) is 13.8. The third-order valence-corrected chi connectivity index (χ3v) is 3.17. The van der Waals surface area contributed by atoms with Gasteiger partial charge in [-0.25, -0.2) is 0 Å². The fraction of sp³-hybridized carbons (Fsp3) is 0.308. The highest BCUT2D eigenvalue weighted by molar-refractivity contribution is 6.30. The van der Waals surface area contributed by atoms with Crippen molar-refractivity contribution in [3.05, 3.63) is 40.7 Å². The van der Waals surface area contributed by atoms with E-state index in [1.54, 1.807) is 18.3 Å². The van der Waals surface area contributed by atoms with E-state index in [-0.39, 0.29) is 11.8 Å². The van der Waals surface area contributed by atoms with Crippen LogP contribution in [0.25, 0.3) is 0 Å². The number of aromatic nitrogens is 2. The summed E-state index contributed by atoms with van der Waals surface area (Å²) in [6.45, 7) is 2.50. The molecule has 6 heteroatoms. The number of methoxy groups -OCH3 is 1. The molecular formula is C13H16ClN3O2. The lowest BCUT2D eigenvalue weighted by Crippen LogP contribution is -2.17. The molecule has 1 aromatic heterocycles. The maximum atomic E-state index is 10.0. The smallest absolute Gasteiger partial charge is 0.162 e. The second kappa shape index (κ2) is 5.95. The van der Waals surface area contributed by atoms with Crippen LogP contribution in [0.4, 0.5) is 0 Å². The van der Waals surface area contributed by atoms with E-state index < -0.39 is 0 Å². The number of H-pyrrole nitrogens is 1. The normalized spacial score (nSPS) is 12.4. The van der Waals surface area contributed by atoms with Gasteiger partial charge in [0, 0.05) is 41.0 Å². The molecule has 19 heavy (non-hydrogen) atoms. The molecule has 0 aliphatic rings. The first-order chi connectivity index (χ1) is 9.11. The number of benzene rings is 1. The van der Waals surface area contributed by atoms with Gasteiger partial charge < -0.3 is 15.2 Å². The standard InChI is InChI=1S/C13H16ClN3O2/c1-8(10-6-16-17-7-10)15-5-9-3-11(14)4-12(19-2)13(9)18/h3-4,6-8,15,18H,5H2,1-2H3,(H,16,17). The van der Waals surface area contributed by atoms with Crippen LogP contribution in [-0.4, -0.2) is 22.4 Å². The molecule has 2 aromatic rings. The zero-order valence-electron chi connectivity index (χ0n) is 10.8. The van der Waals surface area contributed by atoms with Crippen molar-refractivity contribution in [2.75, 3.05) is 7.11 Å². The van der Waals surface area contributed by atoms with E-state index in [1.807, 2.05) is 13.1 Å². The minimum absolute atomic E-state index is 0.110. The molecule has 0 saturated carbocycles. The number of phenols is 1. The number of nitrogens with one attached hydrogen (secondary N) is 2. The molecule has 3 N–H and O–H groups in total. The lowest BCUT2D eigenvalue weighted by molar-refractivity contribution is 0.369. The molecule has 0 fully saturated rings. The number of aromatic amines is 1. The molecule has 1 atom stereocenters. The highest BCUT2D eigenvalue weighted by Crippen LogP contribution is 2.33. The number of aromatic hydroxyl groups is 1. The first-order valence-corrected chi connectivity index (χ1v) is 6.27. The summed E-state index contributed by atoms with van der Waals surface area (Å²) in [5.41, 5.74) is 1.74. The first-order valence-electron chi connectivity index (χ1n) is 5.89. The minimum Gasteiger partial charge on any atom is -0.504 e. The van der Waals surface area contributed by atoms with Crippen LogP contribution >= 0.6 is 11.6 Å². The molecule has 102 valence electrons. The fourth-order valence-corrected chi connectivity index (χ4v) is 2.03. The Morgan fingerprint density at radius 3 is 2.95 bits per heavy atom. The molecule has 2 rings (SSSR count). The predicted molar refractivity (Wildman–Crippen MR) is 73.5 cm³/mol. The van der Waals surface area contributed by atoms with Crippen molar-refractivity contribution < 1.29 is 9.84 Å². The molecule has 5 nitrogen and oxygen atoms in total.